The zero-order valence-corrected chi connectivity index (χ0v) is 15.3. The van der Waals surface area contributed by atoms with E-state index in [1.54, 1.807) is 0 Å². The highest BCUT2D eigenvalue weighted by Gasteiger charge is 2.61. The predicted molar refractivity (Wildman–Crippen MR) is 96.2 cm³/mol. The van der Waals surface area contributed by atoms with Crippen LogP contribution < -0.4 is 5.32 Å². The molecule has 8 heteroatoms. The van der Waals surface area contributed by atoms with Gasteiger partial charge in [0.1, 0.15) is 17.1 Å². The summed E-state index contributed by atoms with van der Waals surface area (Å²) in [6.45, 7) is 0.546. The molecular formula is C19H18N2O5S. The second kappa shape index (κ2) is 6.10. The quantitative estimate of drug-likeness (QED) is 0.615. The number of hydrogen-bond donors (Lipinski definition) is 1. The fourth-order valence-corrected chi connectivity index (χ4v) is 5.53. The van der Waals surface area contributed by atoms with Gasteiger partial charge in [-0.15, -0.1) is 11.8 Å². The van der Waals surface area contributed by atoms with Crippen molar-refractivity contribution in [1.82, 2.24) is 10.2 Å². The van der Waals surface area contributed by atoms with Crippen LogP contribution in [0.4, 0.5) is 0 Å². The molecule has 140 valence electrons. The Hall–Kier alpha value is -2.32. The fraction of sp³-hybridized carbons (Fsp3) is 0.421. The summed E-state index contributed by atoms with van der Waals surface area (Å²) in [5.74, 6) is -1.40. The molecule has 1 N–H and O–H groups in total. The van der Waals surface area contributed by atoms with E-state index in [1.807, 2.05) is 30.3 Å². The number of amides is 2. The molecular weight excluding hydrogens is 368 g/mol. The second-order valence-corrected chi connectivity index (χ2v) is 8.14. The minimum absolute atomic E-state index is 0.204. The highest BCUT2D eigenvalue weighted by Crippen LogP contribution is 2.50. The number of ether oxygens (including phenoxy) is 2. The third-order valence-corrected chi connectivity index (χ3v) is 6.67. The number of hydrogen-bond acceptors (Lipinski definition) is 6. The average molecular weight is 386 g/mol. The molecule has 1 unspecified atom stereocenters. The van der Waals surface area contributed by atoms with E-state index in [0.717, 1.165) is 17.6 Å². The largest absolute Gasteiger partial charge is 0.424 e. The van der Waals surface area contributed by atoms with Crippen molar-refractivity contribution >= 4 is 29.5 Å². The Morgan fingerprint density at radius 1 is 1.30 bits per heavy atom. The second-order valence-electron chi connectivity index (χ2n) is 7.04. The molecule has 1 aromatic carbocycles. The van der Waals surface area contributed by atoms with Gasteiger partial charge in [0.15, 0.2) is 0 Å². The van der Waals surface area contributed by atoms with Gasteiger partial charge in [-0.1, -0.05) is 30.3 Å². The third kappa shape index (κ3) is 2.50. The lowest BCUT2D eigenvalue weighted by Gasteiger charge is -2.48. The Morgan fingerprint density at radius 2 is 2.11 bits per heavy atom. The van der Waals surface area contributed by atoms with E-state index in [2.05, 4.69) is 5.32 Å². The maximum atomic E-state index is 12.7. The molecule has 4 aliphatic heterocycles. The van der Waals surface area contributed by atoms with Crippen molar-refractivity contribution < 1.29 is 23.9 Å². The van der Waals surface area contributed by atoms with E-state index in [0.29, 0.717) is 24.5 Å². The van der Waals surface area contributed by atoms with E-state index in [4.69, 9.17) is 9.47 Å². The molecule has 5 rings (SSSR count). The molecule has 1 spiro atoms. The predicted octanol–water partition coefficient (Wildman–Crippen LogP) is 0.947. The van der Waals surface area contributed by atoms with Crippen LogP contribution in [0.15, 0.2) is 41.6 Å². The first-order chi connectivity index (χ1) is 13.1. The summed E-state index contributed by atoms with van der Waals surface area (Å²) in [4.78, 5) is 38.9. The van der Waals surface area contributed by atoms with Crippen LogP contribution in [0.2, 0.25) is 0 Å². The highest BCUT2D eigenvalue weighted by molar-refractivity contribution is 8.00. The van der Waals surface area contributed by atoms with Crippen molar-refractivity contribution in [2.45, 2.75) is 36.5 Å². The average Bonchev–Trinajstić information content (AvgIpc) is 3.25. The van der Waals surface area contributed by atoms with E-state index < -0.39 is 17.8 Å². The van der Waals surface area contributed by atoms with Crippen LogP contribution in [0.5, 0.6) is 0 Å². The zero-order valence-electron chi connectivity index (χ0n) is 14.5. The van der Waals surface area contributed by atoms with Crippen LogP contribution in [0, 0.1) is 0 Å². The summed E-state index contributed by atoms with van der Waals surface area (Å²) in [7, 11) is 0. The number of carbonyl (C=O) groups excluding carboxylic acids is 3. The van der Waals surface area contributed by atoms with Gasteiger partial charge in [-0.2, -0.15) is 0 Å². The highest BCUT2D eigenvalue weighted by atomic mass is 32.2. The molecule has 1 aromatic rings. The van der Waals surface area contributed by atoms with Crippen LogP contribution in [0.25, 0.3) is 0 Å². The van der Waals surface area contributed by atoms with Gasteiger partial charge < -0.3 is 14.8 Å². The lowest BCUT2D eigenvalue weighted by Crippen LogP contribution is -2.70. The topological polar surface area (TPSA) is 84.9 Å². The minimum Gasteiger partial charge on any atom is -0.424 e. The number of β-lactam (4-membered cyclic amide) rings is 1. The summed E-state index contributed by atoms with van der Waals surface area (Å²) >= 11 is 1.53. The number of nitrogens with zero attached hydrogens (tertiary/aromatic N) is 1. The Labute approximate surface area is 160 Å². The first kappa shape index (κ1) is 16.8. The zero-order chi connectivity index (χ0) is 18.6. The summed E-state index contributed by atoms with van der Waals surface area (Å²) < 4.78 is 11.2. The van der Waals surface area contributed by atoms with Crippen LogP contribution >= 0.6 is 11.8 Å². The normalized spacial score (nSPS) is 31.5. The van der Waals surface area contributed by atoms with E-state index in [-0.39, 0.29) is 23.6 Å². The number of rotatable bonds is 3. The van der Waals surface area contributed by atoms with Gasteiger partial charge >= 0.3 is 5.97 Å². The monoisotopic (exact) mass is 386 g/mol. The molecule has 0 aromatic heterocycles. The number of esters is 1. The van der Waals surface area contributed by atoms with E-state index >= 15 is 0 Å². The minimum atomic E-state index is -0.980. The molecule has 4 heterocycles. The molecule has 7 nitrogen and oxygen atoms in total. The standard InChI is InChI=1S/C19H18N2O5S/c22-13(9-11-5-2-1-3-6-11)20-14-16(23)21-15-12(10-27-17(14)21)19(26-18(15)24)7-4-8-25-19/h1-3,5-6,14,17H,4,7-10H2,(H,20,22)/t14-,17-,19?/m1/s1. The smallest absolute Gasteiger partial charge is 0.358 e. The summed E-state index contributed by atoms with van der Waals surface area (Å²) in [5.41, 5.74) is 1.97. The van der Waals surface area contributed by atoms with Crippen LogP contribution in [-0.4, -0.2) is 52.2 Å². The molecule has 3 atom stereocenters. The maximum Gasteiger partial charge on any atom is 0.358 e. The van der Waals surface area contributed by atoms with Crippen LogP contribution in [-0.2, 0) is 30.3 Å². The Balaban J connectivity index is 1.32. The van der Waals surface area contributed by atoms with Gasteiger partial charge in [0.2, 0.25) is 11.7 Å². The molecule has 0 saturated carbocycles. The van der Waals surface area contributed by atoms with Crippen molar-refractivity contribution in [3.05, 3.63) is 47.2 Å². The van der Waals surface area contributed by atoms with Gasteiger partial charge in [0, 0.05) is 17.7 Å². The van der Waals surface area contributed by atoms with Crippen molar-refractivity contribution in [3.63, 3.8) is 0 Å². The SMILES string of the molecule is O=C(Cc1ccccc1)N[C@@H]1C(=O)N2C3=C(CS[C@H]12)C1(CCCO1)OC3=O. The van der Waals surface area contributed by atoms with Crippen LogP contribution in [0.3, 0.4) is 0 Å². The fourth-order valence-electron chi connectivity index (χ4n) is 4.10. The van der Waals surface area contributed by atoms with Gasteiger partial charge in [-0.3, -0.25) is 14.5 Å². The molecule has 0 aliphatic carbocycles. The van der Waals surface area contributed by atoms with Crippen molar-refractivity contribution in [2.75, 3.05) is 12.4 Å². The van der Waals surface area contributed by atoms with Gasteiger partial charge in [-0.05, 0) is 12.0 Å². The lowest BCUT2D eigenvalue weighted by atomic mass is 9.99. The lowest BCUT2D eigenvalue weighted by molar-refractivity contribution is -0.186. The number of fused-ring (bicyclic) bond motifs is 3. The number of thioether (sulfide) groups is 1. The van der Waals surface area contributed by atoms with Gasteiger partial charge in [0.25, 0.3) is 5.91 Å². The molecule has 0 radical (unpaired) electrons. The third-order valence-electron chi connectivity index (χ3n) is 5.39. The van der Waals surface area contributed by atoms with Crippen molar-refractivity contribution in [1.29, 1.82) is 0 Å². The van der Waals surface area contributed by atoms with E-state index in [9.17, 15) is 14.4 Å². The Bertz CT molecular complexity index is 862. The molecule has 4 aliphatic rings. The summed E-state index contributed by atoms with van der Waals surface area (Å²) in [6, 6.07) is 8.76. The Kier molecular flexibility index (Phi) is 3.80. The van der Waals surface area contributed by atoms with Gasteiger partial charge in [-0.25, -0.2) is 4.79 Å². The first-order valence-corrected chi connectivity index (χ1v) is 10.0. The summed E-state index contributed by atoms with van der Waals surface area (Å²) in [6.07, 6.45) is 1.67. The Morgan fingerprint density at radius 3 is 2.85 bits per heavy atom. The molecule has 27 heavy (non-hydrogen) atoms. The number of benzene rings is 1. The van der Waals surface area contributed by atoms with Crippen molar-refractivity contribution in [2.24, 2.45) is 0 Å². The first-order valence-electron chi connectivity index (χ1n) is 8.98. The molecule has 2 amide bonds. The van der Waals surface area contributed by atoms with Crippen molar-refractivity contribution in [3.8, 4) is 0 Å². The van der Waals surface area contributed by atoms with E-state index in [1.165, 1.54) is 16.7 Å². The number of nitrogens with one attached hydrogen (secondary N) is 1. The van der Waals surface area contributed by atoms with Gasteiger partial charge in [0.05, 0.1) is 13.0 Å². The summed E-state index contributed by atoms with van der Waals surface area (Å²) in [5, 5.41) is 2.53. The number of carbonyl (C=O) groups is 3. The molecule has 2 saturated heterocycles. The molecule has 0 bridgehead atoms. The maximum absolute atomic E-state index is 12.7. The van der Waals surface area contributed by atoms with Crippen LogP contribution in [0.1, 0.15) is 18.4 Å². The molecule has 2 fully saturated rings.